The normalized spacial score (nSPS) is 10.1. The molecule has 0 atom stereocenters. The van der Waals surface area contributed by atoms with Gasteiger partial charge in [-0.2, -0.15) is 0 Å². The summed E-state index contributed by atoms with van der Waals surface area (Å²) < 4.78 is 4.67. The Balaban J connectivity index is 2.28. The first-order valence-corrected chi connectivity index (χ1v) is 8.26. The van der Waals surface area contributed by atoms with E-state index in [0.717, 1.165) is 0 Å². The summed E-state index contributed by atoms with van der Waals surface area (Å²) in [5, 5.41) is 0.508. The van der Waals surface area contributed by atoms with Crippen LogP contribution in [0.2, 0.25) is 5.02 Å². The molecule has 0 heterocycles. The lowest BCUT2D eigenvalue weighted by Gasteiger charge is -2.26. The molecule has 0 aliphatic rings. The zero-order valence-corrected chi connectivity index (χ0v) is 15.3. The molecule has 6 nitrogen and oxygen atoms in total. The smallest absolute Gasteiger partial charge is 0.325 e. The van der Waals surface area contributed by atoms with Crippen molar-refractivity contribution in [2.45, 2.75) is 6.92 Å². The van der Waals surface area contributed by atoms with Gasteiger partial charge in [-0.05, 0) is 36.4 Å². The second kappa shape index (κ2) is 9.01. The Bertz CT molecular complexity index is 778. The molecule has 0 aliphatic heterocycles. The van der Waals surface area contributed by atoms with Crippen LogP contribution in [0.25, 0.3) is 0 Å². The Kier molecular flexibility index (Phi) is 6.74. The Morgan fingerprint density at radius 2 is 1.46 bits per heavy atom. The SMILES string of the molecule is COC(=O)CN(C(=O)CN(C(C)=O)c1ccccc1)c1ccc(Cl)cc1. The van der Waals surface area contributed by atoms with Gasteiger partial charge in [0.2, 0.25) is 11.8 Å². The molecule has 26 heavy (non-hydrogen) atoms. The van der Waals surface area contributed by atoms with E-state index in [9.17, 15) is 14.4 Å². The van der Waals surface area contributed by atoms with Gasteiger partial charge in [-0.25, -0.2) is 0 Å². The van der Waals surface area contributed by atoms with Crippen LogP contribution in [0, 0.1) is 0 Å². The Morgan fingerprint density at radius 1 is 0.885 bits per heavy atom. The van der Waals surface area contributed by atoms with Crippen LogP contribution in [0.15, 0.2) is 54.6 Å². The minimum atomic E-state index is -0.567. The average Bonchev–Trinajstić information content (AvgIpc) is 2.65. The van der Waals surface area contributed by atoms with Crippen LogP contribution in [0.4, 0.5) is 11.4 Å². The molecule has 0 bridgehead atoms. The van der Waals surface area contributed by atoms with Gasteiger partial charge < -0.3 is 9.64 Å². The summed E-state index contributed by atoms with van der Waals surface area (Å²) in [4.78, 5) is 39.2. The standard InChI is InChI=1S/C19H19ClN2O4/c1-14(23)21(16-6-4-3-5-7-16)12-18(24)22(13-19(25)26-2)17-10-8-15(20)9-11-17/h3-11H,12-13H2,1-2H3. The predicted octanol–water partition coefficient (Wildman–Crippen LogP) is 2.90. The van der Waals surface area contributed by atoms with E-state index in [0.29, 0.717) is 16.4 Å². The van der Waals surface area contributed by atoms with Crippen molar-refractivity contribution in [3.8, 4) is 0 Å². The van der Waals surface area contributed by atoms with Crippen molar-refractivity contribution < 1.29 is 19.1 Å². The lowest BCUT2D eigenvalue weighted by Crippen LogP contribution is -2.44. The maximum absolute atomic E-state index is 12.9. The number of benzene rings is 2. The molecule has 7 heteroatoms. The van der Waals surface area contributed by atoms with E-state index in [-0.39, 0.29) is 19.0 Å². The van der Waals surface area contributed by atoms with E-state index in [2.05, 4.69) is 4.74 Å². The van der Waals surface area contributed by atoms with Gasteiger partial charge in [-0.3, -0.25) is 19.3 Å². The number of carbonyl (C=O) groups is 3. The number of hydrogen-bond acceptors (Lipinski definition) is 4. The highest BCUT2D eigenvalue weighted by Crippen LogP contribution is 2.20. The van der Waals surface area contributed by atoms with E-state index in [1.54, 1.807) is 48.5 Å². The topological polar surface area (TPSA) is 66.9 Å². The number of anilines is 2. The van der Waals surface area contributed by atoms with Gasteiger partial charge in [-0.15, -0.1) is 0 Å². The molecule has 0 radical (unpaired) electrons. The van der Waals surface area contributed by atoms with Crippen molar-refractivity contribution in [2.24, 2.45) is 0 Å². The molecule has 2 amide bonds. The predicted molar refractivity (Wildman–Crippen MR) is 100 cm³/mol. The molecule has 0 aliphatic carbocycles. The molecule has 0 fully saturated rings. The zero-order chi connectivity index (χ0) is 19.1. The van der Waals surface area contributed by atoms with Crippen molar-refractivity contribution in [3.05, 3.63) is 59.6 Å². The molecular formula is C19H19ClN2O4. The largest absolute Gasteiger partial charge is 0.468 e. The fourth-order valence-corrected chi connectivity index (χ4v) is 2.48. The van der Waals surface area contributed by atoms with Crippen LogP contribution in [0.3, 0.4) is 0 Å². The summed E-state index contributed by atoms with van der Waals surface area (Å²) in [6, 6.07) is 15.4. The summed E-state index contributed by atoms with van der Waals surface area (Å²) in [6.07, 6.45) is 0. The summed E-state index contributed by atoms with van der Waals surface area (Å²) >= 11 is 5.89. The van der Waals surface area contributed by atoms with Crippen molar-refractivity contribution in [1.29, 1.82) is 0 Å². The average molecular weight is 375 g/mol. The van der Waals surface area contributed by atoms with Crippen LogP contribution < -0.4 is 9.80 Å². The Morgan fingerprint density at radius 3 is 2.00 bits per heavy atom. The van der Waals surface area contributed by atoms with E-state index in [4.69, 9.17) is 11.6 Å². The number of esters is 1. The second-order valence-electron chi connectivity index (χ2n) is 5.47. The molecule has 2 rings (SSSR count). The van der Waals surface area contributed by atoms with Crippen molar-refractivity contribution in [2.75, 3.05) is 30.0 Å². The highest BCUT2D eigenvalue weighted by molar-refractivity contribution is 6.30. The molecule has 0 unspecified atom stereocenters. The molecule has 0 aromatic heterocycles. The molecule has 0 N–H and O–H groups in total. The van der Waals surface area contributed by atoms with Crippen LogP contribution in [-0.4, -0.2) is 38.0 Å². The summed E-state index contributed by atoms with van der Waals surface area (Å²) in [6.45, 7) is 0.906. The third-order valence-corrected chi connectivity index (χ3v) is 3.95. The zero-order valence-electron chi connectivity index (χ0n) is 14.5. The van der Waals surface area contributed by atoms with Gasteiger partial charge in [-0.1, -0.05) is 29.8 Å². The van der Waals surface area contributed by atoms with Crippen LogP contribution in [0.5, 0.6) is 0 Å². The first-order valence-electron chi connectivity index (χ1n) is 7.88. The van der Waals surface area contributed by atoms with Gasteiger partial charge in [0.05, 0.1) is 7.11 Å². The van der Waals surface area contributed by atoms with Crippen LogP contribution in [0.1, 0.15) is 6.92 Å². The van der Waals surface area contributed by atoms with Crippen molar-refractivity contribution in [3.63, 3.8) is 0 Å². The number of para-hydroxylation sites is 1. The van der Waals surface area contributed by atoms with E-state index >= 15 is 0 Å². The number of amides is 2. The molecule has 2 aromatic rings. The maximum atomic E-state index is 12.9. The van der Waals surface area contributed by atoms with Crippen LogP contribution in [-0.2, 0) is 19.1 Å². The number of hydrogen-bond donors (Lipinski definition) is 0. The number of methoxy groups -OCH3 is 1. The molecule has 2 aromatic carbocycles. The van der Waals surface area contributed by atoms with Gasteiger partial charge in [0.1, 0.15) is 13.1 Å². The number of nitrogens with zero attached hydrogens (tertiary/aromatic N) is 2. The minimum Gasteiger partial charge on any atom is -0.468 e. The summed E-state index contributed by atoms with van der Waals surface area (Å²) in [7, 11) is 1.25. The number of rotatable bonds is 6. The third kappa shape index (κ3) is 5.07. The number of carbonyl (C=O) groups excluding carboxylic acids is 3. The molecule has 0 spiro atoms. The Hall–Kier alpha value is -2.86. The second-order valence-corrected chi connectivity index (χ2v) is 5.91. The van der Waals surface area contributed by atoms with Gasteiger partial charge in [0, 0.05) is 23.3 Å². The first-order chi connectivity index (χ1) is 12.4. The molecule has 136 valence electrons. The van der Waals surface area contributed by atoms with Gasteiger partial charge >= 0.3 is 5.97 Å². The van der Waals surface area contributed by atoms with Crippen LogP contribution >= 0.6 is 11.6 Å². The fourth-order valence-electron chi connectivity index (χ4n) is 2.35. The summed E-state index contributed by atoms with van der Waals surface area (Å²) in [5.74, 6) is -1.27. The van der Waals surface area contributed by atoms with Crippen molar-refractivity contribution in [1.82, 2.24) is 0 Å². The molecule has 0 saturated carbocycles. The van der Waals surface area contributed by atoms with Crippen molar-refractivity contribution >= 4 is 40.8 Å². The minimum absolute atomic E-state index is 0.209. The number of ether oxygens (including phenoxy) is 1. The quantitative estimate of drug-likeness (QED) is 0.729. The molecule has 0 saturated heterocycles. The lowest BCUT2D eigenvalue weighted by atomic mass is 10.2. The fraction of sp³-hybridized carbons (Fsp3) is 0.211. The third-order valence-electron chi connectivity index (χ3n) is 3.70. The van der Waals surface area contributed by atoms with E-state index < -0.39 is 11.9 Å². The van der Waals surface area contributed by atoms with E-state index in [1.807, 2.05) is 6.07 Å². The maximum Gasteiger partial charge on any atom is 0.325 e. The monoisotopic (exact) mass is 374 g/mol. The van der Waals surface area contributed by atoms with Gasteiger partial charge in [0.25, 0.3) is 0 Å². The first kappa shape index (κ1) is 19.5. The van der Waals surface area contributed by atoms with E-state index in [1.165, 1.54) is 23.8 Å². The lowest BCUT2D eigenvalue weighted by molar-refractivity contribution is -0.139. The van der Waals surface area contributed by atoms with Gasteiger partial charge in [0.15, 0.2) is 0 Å². The Labute approximate surface area is 156 Å². The highest BCUT2D eigenvalue weighted by atomic mass is 35.5. The molecular weight excluding hydrogens is 356 g/mol. The number of halogens is 1. The summed E-state index contributed by atoms with van der Waals surface area (Å²) in [5.41, 5.74) is 1.09. The highest BCUT2D eigenvalue weighted by Gasteiger charge is 2.24.